The van der Waals surface area contributed by atoms with Crippen LogP contribution in [0.2, 0.25) is 0 Å². The minimum atomic E-state index is -0.659. The van der Waals surface area contributed by atoms with E-state index >= 15 is 0 Å². The third-order valence-corrected chi connectivity index (χ3v) is 2.92. The van der Waals surface area contributed by atoms with Gasteiger partial charge in [-0.05, 0) is 12.3 Å². The monoisotopic (exact) mass is 264 g/mol. The molecule has 2 nitrogen and oxygen atoms in total. The fourth-order valence-corrected chi connectivity index (χ4v) is 1.89. The first-order valence-electron chi connectivity index (χ1n) is 6.84. The quantitative estimate of drug-likeness (QED) is 0.530. The molecule has 17 heavy (non-hydrogen) atoms. The molecule has 0 amide bonds. The van der Waals surface area contributed by atoms with Crippen LogP contribution in [0.25, 0.3) is 0 Å². The van der Waals surface area contributed by atoms with Crippen molar-refractivity contribution in [2.24, 2.45) is 5.92 Å². The van der Waals surface area contributed by atoms with E-state index in [1.165, 1.54) is 44.9 Å². The molecule has 0 aliphatic carbocycles. The lowest BCUT2D eigenvalue weighted by molar-refractivity contribution is -0.137. The molecule has 3 heteroatoms. The van der Waals surface area contributed by atoms with Crippen LogP contribution >= 0.6 is 12.4 Å². The van der Waals surface area contributed by atoms with E-state index < -0.39 is 5.97 Å². The minimum absolute atomic E-state index is 0. The molecular formula is C14H29ClO2. The second-order valence-corrected chi connectivity index (χ2v) is 5.15. The van der Waals surface area contributed by atoms with E-state index in [0.29, 0.717) is 6.42 Å². The van der Waals surface area contributed by atoms with Crippen LogP contribution in [-0.2, 0) is 4.79 Å². The Labute approximate surface area is 113 Å². The van der Waals surface area contributed by atoms with E-state index in [2.05, 4.69) is 13.8 Å². The van der Waals surface area contributed by atoms with Gasteiger partial charge in [0.05, 0.1) is 0 Å². The lowest BCUT2D eigenvalue weighted by Gasteiger charge is -2.04. The minimum Gasteiger partial charge on any atom is -0.481 e. The summed E-state index contributed by atoms with van der Waals surface area (Å²) in [6.45, 7) is 4.56. The fraction of sp³-hybridized carbons (Fsp3) is 0.929. The molecule has 0 bridgehead atoms. The van der Waals surface area contributed by atoms with Crippen molar-refractivity contribution in [1.82, 2.24) is 0 Å². The molecule has 0 spiro atoms. The maximum Gasteiger partial charge on any atom is 0.303 e. The van der Waals surface area contributed by atoms with Crippen molar-refractivity contribution in [1.29, 1.82) is 0 Å². The SMILES string of the molecule is CC(C)CCCCCCCCCCC(=O)O.Cl. The van der Waals surface area contributed by atoms with Gasteiger partial charge in [0, 0.05) is 6.42 Å². The highest BCUT2D eigenvalue weighted by atomic mass is 35.5. The van der Waals surface area contributed by atoms with E-state index in [1.54, 1.807) is 0 Å². The summed E-state index contributed by atoms with van der Waals surface area (Å²) >= 11 is 0. The number of hydrogen-bond acceptors (Lipinski definition) is 1. The van der Waals surface area contributed by atoms with Crippen LogP contribution in [0.1, 0.15) is 78.1 Å². The van der Waals surface area contributed by atoms with Crippen LogP contribution < -0.4 is 0 Å². The average Bonchev–Trinajstić information content (AvgIpc) is 2.20. The fourth-order valence-electron chi connectivity index (χ4n) is 1.89. The highest BCUT2D eigenvalue weighted by Gasteiger charge is 1.97. The molecule has 0 unspecified atom stereocenters. The van der Waals surface area contributed by atoms with Crippen LogP contribution in [0, 0.1) is 5.92 Å². The standard InChI is InChI=1S/C14H28O2.ClH/c1-13(2)11-9-7-5-3-4-6-8-10-12-14(15)16;/h13H,3-12H2,1-2H3,(H,15,16);1H. The zero-order chi connectivity index (χ0) is 12.2. The summed E-state index contributed by atoms with van der Waals surface area (Å²) < 4.78 is 0. The zero-order valence-corrected chi connectivity index (χ0v) is 12.2. The van der Waals surface area contributed by atoms with Gasteiger partial charge < -0.3 is 5.11 Å². The third kappa shape index (κ3) is 18.3. The van der Waals surface area contributed by atoms with Crippen LogP contribution in [0.3, 0.4) is 0 Å². The second-order valence-electron chi connectivity index (χ2n) is 5.15. The largest absolute Gasteiger partial charge is 0.481 e. The summed E-state index contributed by atoms with van der Waals surface area (Å²) in [5.41, 5.74) is 0. The number of carboxylic acid groups (broad SMARTS) is 1. The predicted octanol–water partition coefficient (Wildman–Crippen LogP) is 5.05. The van der Waals surface area contributed by atoms with Gasteiger partial charge in [0.1, 0.15) is 0 Å². The number of hydrogen-bond donors (Lipinski definition) is 1. The average molecular weight is 265 g/mol. The molecule has 1 N–H and O–H groups in total. The van der Waals surface area contributed by atoms with Crippen LogP contribution in [0.5, 0.6) is 0 Å². The highest BCUT2D eigenvalue weighted by molar-refractivity contribution is 5.85. The highest BCUT2D eigenvalue weighted by Crippen LogP contribution is 2.12. The van der Waals surface area contributed by atoms with E-state index in [9.17, 15) is 4.79 Å². The van der Waals surface area contributed by atoms with Crippen LogP contribution in [-0.4, -0.2) is 11.1 Å². The number of rotatable bonds is 11. The molecule has 0 radical (unpaired) electrons. The zero-order valence-electron chi connectivity index (χ0n) is 11.4. The molecule has 0 rings (SSSR count). The third-order valence-electron chi connectivity index (χ3n) is 2.92. The Kier molecular flexibility index (Phi) is 15.5. The van der Waals surface area contributed by atoms with Gasteiger partial charge in [-0.15, -0.1) is 12.4 Å². The Morgan fingerprint density at radius 1 is 0.882 bits per heavy atom. The summed E-state index contributed by atoms with van der Waals surface area (Å²) in [5.74, 6) is 0.185. The first kappa shape index (κ1) is 19.1. The van der Waals surface area contributed by atoms with Gasteiger partial charge in [0.15, 0.2) is 0 Å². The van der Waals surface area contributed by atoms with Crippen molar-refractivity contribution in [3.63, 3.8) is 0 Å². The lowest BCUT2D eigenvalue weighted by atomic mass is 10.0. The molecule has 0 aliphatic rings. The first-order chi connectivity index (χ1) is 7.63. The number of carboxylic acids is 1. The molecule has 0 aromatic carbocycles. The molecule has 0 atom stereocenters. The van der Waals surface area contributed by atoms with E-state index in [1.807, 2.05) is 0 Å². The van der Waals surface area contributed by atoms with Gasteiger partial charge in [-0.25, -0.2) is 0 Å². The van der Waals surface area contributed by atoms with Gasteiger partial charge in [-0.1, -0.05) is 65.2 Å². The normalized spacial score (nSPS) is 10.3. The number of carbonyl (C=O) groups is 1. The molecule has 0 aliphatic heterocycles. The van der Waals surface area contributed by atoms with E-state index in [0.717, 1.165) is 18.8 Å². The molecular weight excluding hydrogens is 236 g/mol. The van der Waals surface area contributed by atoms with Crippen molar-refractivity contribution in [2.75, 3.05) is 0 Å². The Balaban J connectivity index is 0. The maximum absolute atomic E-state index is 10.3. The number of halogens is 1. The smallest absolute Gasteiger partial charge is 0.303 e. The van der Waals surface area contributed by atoms with Crippen molar-refractivity contribution < 1.29 is 9.90 Å². The maximum atomic E-state index is 10.3. The predicted molar refractivity (Wildman–Crippen MR) is 75.9 cm³/mol. The van der Waals surface area contributed by atoms with Crippen molar-refractivity contribution in [3.8, 4) is 0 Å². The molecule has 0 saturated carbocycles. The van der Waals surface area contributed by atoms with Gasteiger partial charge in [-0.2, -0.15) is 0 Å². The summed E-state index contributed by atoms with van der Waals surface area (Å²) in [6, 6.07) is 0. The molecule has 0 fully saturated rings. The Hall–Kier alpha value is -0.240. The van der Waals surface area contributed by atoms with Gasteiger partial charge in [0.2, 0.25) is 0 Å². The molecule has 0 saturated heterocycles. The molecule has 104 valence electrons. The summed E-state index contributed by atoms with van der Waals surface area (Å²) in [7, 11) is 0. The Bertz CT molecular complexity index is 170. The van der Waals surface area contributed by atoms with Gasteiger partial charge in [0.25, 0.3) is 0 Å². The van der Waals surface area contributed by atoms with Gasteiger partial charge >= 0.3 is 5.97 Å². The van der Waals surface area contributed by atoms with E-state index in [4.69, 9.17) is 5.11 Å². The number of unbranched alkanes of at least 4 members (excludes halogenated alkanes) is 7. The molecule has 0 heterocycles. The van der Waals surface area contributed by atoms with Gasteiger partial charge in [-0.3, -0.25) is 4.79 Å². The topological polar surface area (TPSA) is 37.3 Å². The lowest BCUT2D eigenvalue weighted by Crippen LogP contribution is -1.93. The summed E-state index contributed by atoms with van der Waals surface area (Å²) in [5, 5.41) is 8.46. The van der Waals surface area contributed by atoms with Crippen molar-refractivity contribution >= 4 is 18.4 Å². The Morgan fingerprint density at radius 2 is 1.29 bits per heavy atom. The summed E-state index contributed by atoms with van der Waals surface area (Å²) in [4.78, 5) is 10.3. The van der Waals surface area contributed by atoms with Crippen LogP contribution in [0.15, 0.2) is 0 Å². The summed E-state index contributed by atoms with van der Waals surface area (Å²) in [6.07, 6.45) is 11.5. The Morgan fingerprint density at radius 3 is 1.71 bits per heavy atom. The van der Waals surface area contributed by atoms with Crippen LogP contribution in [0.4, 0.5) is 0 Å². The molecule has 0 aromatic heterocycles. The van der Waals surface area contributed by atoms with E-state index in [-0.39, 0.29) is 12.4 Å². The van der Waals surface area contributed by atoms with Crippen molar-refractivity contribution in [3.05, 3.63) is 0 Å². The first-order valence-corrected chi connectivity index (χ1v) is 6.84. The van der Waals surface area contributed by atoms with Crippen molar-refractivity contribution in [2.45, 2.75) is 78.1 Å². The number of aliphatic carboxylic acids is 1. The molecule has 0 aromatic rings. The second kappa shape index (κ2) is 13.8.